The van der Waals surface area contributed by atoms with E-state index in [0.717, 1.165) is 39.0 Å². The van der Waals surface area contributed by atoms with Crippen LogP contribution in [0.1, 0.15) is 47.1 Å². The molecule has 2 aromatic heterocycles. The summed E-state index contributed by atoms with van der Waals surface area (Å²) in [6.45, 7) is 14.3. The van der Waals surface area contributed by atoms with Gasteiger partial charge in [-0.1, -0.05) is 62.3 Å². The van der Waals surface area contributed by atoms with Gasteiger partial charge in [-0.25, -0.2) is 4.98 Å². The molecule has 7 rings (SSSR count). The van der Waals surface area contributed by atoms with Crippen LogP contribution in [0.25, 0.3) is 27.6 Å². The van der Waals surface area contributed by atoms with Gasteiger partial charge in [-0.3, -0.25) is 0 Å². The molecule has 0 radical (unpaired) electrons. The van der Waals surface area contributed by atoms with Crippen LogP contribution in [0.3, 0.4) is 0 Å². The summed E-state index contributed by atoms with van der Waals surface area (Å²) in [5.41, 5.74) is 7.03. The number of hydrogen-bond acceptors (Lipinski definition) is 4. The van der Waals surface area contributed by atoms with E-state index in [2.05, 4.69) is 159 Å². The molecule has 0 N–H and O–H groups in total. The van der Waals surface area contributed by atoms with Gasteiger partial charge in [0.1, 0.15) is 5.82 Å². The van der Waals surface area contributed by atoms with Crippen molar-refractivity contribution in [2.24, 2.45) is 0 Å². The van der Waals surface area contributed by atoms with Gasteiger partial charge in [0.05, 0.1) is 18.0 Å². The normalized spacial score (nSPS) is 13.4. The number of fused-ring (bicyclic) bond motifs is 4. The van der Waals surface area contributed by atoms with Gasteiger partial charge in [0.25, 0.3) is 0 Å². The van der Waals surface area contributed by atoms with Crippen molar-refractivity contribution < 1.29 is 21.1 Å². The molecule has 0 bridgehead atoms. The Bertz CT molecular complexity index is 1980. The Labute approximate surface area is 279 Å². The van der Waals surface area contributed by atoms with Crippen LogP contribution < -0.4 is 9.80 Å². The van der Waals surface area contributed by atoms with Crippen molar-refractivity contribution >= 4 is 50.6 Å². The maximum atomic E-state index is 4.83. The quantitative estimate of drug-likeness (QED) is 0.167. The Morgan fingerprint density at radius 2 is 1.45 bits per heavy atom. The Balaban J connectivity index is 0.00000343. The molecule has 0 amide bonds. The van der Waals surface area contributed by atoms with Crippen LogP contribution in [-0.2, 0) is 26.5 Å². The summed E-state index contributed by atoms with van der Waals surface area (Å²) < 4.78 is 2.26. The van der Waals surface area contributed by atoms with Crippen LogP contribution in [0.5, 0.6) is 0 Å². The molecule has 0 saturated carbocycles. The minimum atomic E-state index is 0. The van der Waals surface area contributed by atoms with E-state index in [4.69, 9.17) is 4.98 Å². The summed E-state index contributed by atoms with van der Waals surface area (Å²) in [7, 11) is 0. The number of benzene rings is 4. The van der Waals surface area contributed by atoms with E-state index in [1.54, 1.807) is 11.8 Å². The van der Waals surface area contributed by atoms with Crippen LogP contribution >= 0.6 is 11.8 Å². The summed E-state index contributed by atoms with van der Waals surface area (Å²) in [5, 5.41) is 2.38. The molecule has 0 atom stereocenters. The smallest absolute Gasteiger partial charge is 0.347 e. The van der Waals surface area contributed by atoms with Crippen molar-refractivity contribution in [3.63, 3.8) is 0 Å². The fraction of sp³-hybridized carbons (Fsp3) is 0.237. The van der Waals surface area contributed by atoms with E-state index in [9.17, 15) is 0 Å². The molecular formula is C38H36N4PtS. The first-order valence-electron chi connectivity index (χ1n) is 14.8. The molecule has 44 heavy (non-hydrogen) atoms. The van der Waals surface area contributed by atoms with Gasteiger partial charge >= 0.3 is 21.1 Å². The summed E-state index contributed by atoms with van der Waals surface area (Å²) >= 11 is 1.70. The van der Waals surface area contributed by atoms with Crippen LogP contribution in [0, 0.1) is 12.1 Å². The minimum absolute atomic E-state index is 0. The van der Waals surface area contributed by atoms with Gasteiger partial charge in [-0.05, 0) is 67.5 Å². The third kappa shape index (κ3) is 5.46. The fourth-order valence-corrected chi connectivity index (χ4v) is 6.77. The standard InChI is InChI=1S/C38H36N4S.Pt/c1-37(2,3)26-20-21-39-36(22-26)42-32-15-8-7-14-30(32)31-19-18-29(24-35(31)42)43-28-13-11-12-27(23-28)40-25-41(38(4,5)6)34-17-10-9-16-33(34)40;/h7-22H,25H2,1-6H3;/q-2;+2. The Hall–Kier alpha value is -3.53. The van der Waals surface area contributed by atoms with E-state index in [1.807, 2.05) is 6.20 Å². The predicted octanol–water partition coefficient (Wildman–Crippen LogP) is 9.94. The van der Waals surface area contributed by atoms with Crippen molar-refractivity contribution in [1.82, 2.24) is 9.55 Å². The van der Waals surface area contributed by atoms with Gasteiger partial charge < -0.3 is 14.4 Å². The zero-order valence-corrected chi connectivity index (χ0v) is 29.0. The van der Waals surface area contributed by atoms with E-state index < -0.39 is 0 Å². The van der Waals surface area contributed by atoms with Gasteiger partial charge in [0, 0.05) is 17.3 Å². The first-order chi connectivity index (χ1) is 20.6. The van der Waals surface area contributed by atoms with Gasteiger partial charge in [-0.15, -0.1) is 45.1 Å². The molecule has 0 spiro atoms. The Kier molecular flexibility index (Phi) is 7.92. The van der Waals surface area contributed by atoms with Gasteiger partial charge in [0.2, 0.25) is 0 Å². The molecule has 0 unspecified atom stereocenters. The third-order valence-electron chi connectivity index (χ3n) is 8.22. The first kappa shape index (κ1) is 30.5. The SMILES string of the molecule is CC(C)(C)c1ccnc(-n2c3[c-]c(Sc4[c-]c(N5CN(C(C)(C)C)c6ccccc65)ccc4)ccc3c3ccccc32)c1.[Pt+2]. The fourth-order valence-electron chi connectivity index (χ4n) is 5.94. The molecule has 3 heterocycles. The number of para-hydroxylation sites is 3. The van der Waals surface area contributed by atoms with Crippen LogP contribution in [0.15, 0.2) is 107 Å². The van der Waals surface area contributed by atoms with E-state index in [-0.39, 0.29) is 32.0 Å². The molecule has 6 heteroatoms. The number of anilines is 3. The third-order valence-corrected chi connectivity index (χ3v) is 9.13. The number of hydrogen-bond donors (Lipinski definition) is 0. The minimum Gasteiger partial charge on any atom is -0.347 e. The Morgan fingerprint density at radius 3 is 2.23 bits per heavy atom. The van der Waals surface area contributed by atoms with E-state index in [1.165, 1.54) is 27.7 Å². The second-order valence-corrected chi connectivity index (χ2v) is 14.3. The average Bonchev–Trinajstić information content (AvgIpc) is 3.53. The molecule has 0 saturated heterocycles. The van der Waals surface area contributed by atoms with E-state index in [0.29, 0.717) is 0 Å². The number of pyridine rings is 1. The molecule has 0 aliphatic carbocycles. The van der Waals surface area contributed by atoms with Crippen molar-refractivity contribution in [2.45, 2.75) is 62.3 Å². The van der Waals surface area contributed by atoms with Crippen LogP contribution in [0.4, 0.5) is 17.1 Å². The van der Waals surface area contributed by atoms with Crippen molar-refractivity contribution in [1.29, 1.82) is 0 Å². The maximum Gasteiger partial charge on any atom is 2.00 e. The number of aromatic nitrogens is 2. The predicted molar refractivity (Wildman–Crippen MR) is 181 cm³/mol. The molecule has 1 aliphatic heterocycles. The molecule has 0 fully saturated rings. The second-order valence-electron chi connectivity index (χ2n) is 13.2. The molecule has 1 aliphatic rings. The van der Waals surface area contributed by atoms with Crippen molar-refractivity contribution in [2.75, 3.05) is 16.5 Å². The zero-order chi connectivity index (χ0) is 29.9. The second kappa shape index (κ2) is 11.4. The number of rotatable bonds is 4. The summed E-state index contributed by atoms with van der Waals surface area (Å²) in [4.78, 5) is 11.8. The van der Waals surface area contributed by atoms with E-state index >= 15 is 0 Å². The summed E-state index contributed by atoms with van der Waals surface area (Å²) in [6, 6.07) is 39.9. The van der Waals surface area contributed by atoms with Crippen molar-refractivity contribution in [3.8, 4) is 5.82 Å². The Morgan fingerprint density at radius 1 is 0.727 bits per heavy atom. The zero-order valence-electron chi connectivity index (χ0n) is 26.0. The van der Waals surface area contributed by atoms with Gasteiger partial charge in [0.15, 0.2) is 0 Å². The number of nitrogens with zero attached hydrogens (tertiary/aromatic N) is 4. The average molecular weight is 776 g/mol. The molecule has 224 valence electrons. The first-order valence-corrected chi connectivity index (χ1v) is 15.7. The molecule has 4 nitrogen and oxygen atoms in total. The molecular weight excluding hydrogens is 740 g/mol. The largest absolute Gasteiger partial charge is 2.00 e. The molecule has 6 aromatic rings. The summed E-state index contributed by atoms with van der Waals surface area (Å²) in [5.74, 6) is 0.918. The van der Waals surface area contributed by atoms with Crippen LogP contribution in [-0.4, -0.2) is 21.8 Å². The monoisotopic (exact) mass is 775 g/mol. The van der Waals surface area contributed by atoms with Crippen molar-refractivity contribution in [3.05, 3.63) is 115 Å². The molecule has 4 aromatic carbocycles. The topological polar surface area (TPSA) is 24.3 Å². The van der Waals surface area contributed by atoms with Crippen LogP contribution in [0.2, 0.25) is 0 Å². The van der Waals surface area contributed by atoms with Gasteiger partial charge in [-0.2, -0.15) is 24.3 Å². The maximum absolute atomic E-state index is 4.83. The summed E-state index contributed by atoms with van der Waals surface area (Å²) in [6.07, 6.45) is 1.92.